The quantitative estimate of drug-likeness (QED) is 0.738. The summed E-state index contributed by atoms with van der Waals surface area (Å²) >= 11 is 0. The molecule has 2 heterocycles. The van der Waals surface area contributed by atoms with Gasteiger partial charge in [-0.25, -0.2) is 9.97 Å². The summed E-state index contributed by atoms with van der Waals surface area (Å²) in [7, 11) is 1.85. The highest BCUT2D eigenvalue weighted by atomic mass is 15.1. The molecule has 0 bridgehead atoms. The van der Waals surface area contributed by atoms with E-state index < -0.39 is 0 Å². The van der Waals surface area contributed by atoms with E-state index in [9.17, 15) is 0 Å². The molecule has 5 heteroatoms. The van der Waals surface area contributed by atoms with Gasteiger partial charge in [0.1, 0.15) is 11.6 Å². The van der Waals surface area contributed by atoms with Gasteiger partial charge < -0.3 is 15.6 Å². The molecular formula is C12H19N5. The van der Waals surface area contributed by atoms with Crippen molar-refractivity contribution in [2.75, 3.05) is 12.4 Å². The van der Waals surface area contributed by atoms with E-state index in [2.05, 4.69) is 39.4 Å². The molecule has 5 nitrogen and oxygen atoms in total. The Morgan fingerprint density at radius 2 is 2.18 bits per heavy atom. The van der Waals surface area contributed by atoms with Gasteiger partial charge in [0.25, 0.3) is 0 Å². The first kappa shape index (κ1) is 11.9. The zero-order valence-corrected chi connectivity index (χ0v) is 10.5. The summed E-state index contributed by atoms with van der Waals surface area (Å²) in [6, 6.07) is 4.43. The molecular weight excluding hydrogens is 214 g/mol. The molecule has 1 unspecified atom stereocenters. The largest absolute Gasteiger partial charge is 0.373 e. The monoisotopic (exact) mass is 233 g/mol. The molecule has 2 aromatic rings. The second kappa shape index (κ2) is 5.14. The van der Waals surface area contributed by atoms with Gasteiger partial charge in [0, 0.05) is 13.1 Å². The summed E-state index contributed by atoms with van der Waals surface area (Å²) in [5.41, 5.74) is 1.74. The minimum atomic E-state index is 0.504. The van der Waals surface area contributed by atoms with Gasteiger partial charge in [-0.05, 0) is 25.5 Å². The highest BCUT2D eigenvalue weighted by Crippen LogP contribution is 2.12. The summed E-state index contributed by atoms with van der Waals surface area (Å²) in [5, 5.41) is 6.41. The number of rotatable bonds is 5. The molecule has 0 aliphatic rings. The minimum absolute atomic E-state index is 0.504. The van der Waals surface area contributed by atoms with Crippen molar-refractivity contribution in [2.45, 2.75) is 32.9 Å². The molecule has 0 aliphatic heterocycles. The Bertz CT molecular complexity index is 491. The number of aromatic amines is 1. The molecule has 2 rings (SSSR count). The van der Waals surface area contributed by atoms with Crippen molar-refractivity contribution in [2.24, 2.45) is 0 Å². The lowest BCUT2D eigenvalue weighted by atomic mass is 10.2. The lowest BCUT2D eigenvalue weighted by molar-refractivity contribution is 0.525. The predicted molar refractivity (Wildman–Crippen MR) is 70.0 cm³/mol. The zero-order valence-electron chi connectivity index (χ0n) is 10.5. The Morgan fingerprint density at radius 1 is 1.35 bits per heavy atom. The maximum atomic E-state index is 4.46. The standard InChI is InChI=1S/C12H19N5/c1-4-8(2)14-7-11-15-9-5-6-10(13-3)16-12(9)17-11/h5-6,8,14H,4,7H2,1-3H3,(H2,13,15,16,17). The number of H-pyrrole nitrogens is 1. The van der Waals surface area contributed by atoms with Gasteiger partial charge in [-0.15, -0.1) is 0 Å². The highest BCUT2D eigenvalue weighted by molar-refractivity contribution is 5.72. The second-order valence-electron chi connectivity index (χ2n) is 4.19. The molecule has 0 aromatic carbocycles. The Kier molecular flexibility index (Phi) is 3.58. The van der Waals surface area contributed by atoms with Crippen LogP contribution in [0.2, 0.25) is 0 Å². The van der Waals surface area contributed by atoms with Crippen molar-refractivity contribution in [3.8, 4) is 0 Å². The molecule has 17 heavy (non-hydrogen) atoms. The van der Waals surface area contributed by atoms with E-state index in [1.54, 1.807) is 0 Å². The van der Waals surface area contributed by atoms with E-state index in [0.717, 1.165) is 35.8 Å². The normalized spacial score (nSPS) is 12.9. The molecule has 0 radical (unpaired) electrons. The van der Waals surface area contributed by atoms with Crippen LogP contribution in [-0.4, -0.2) is 28.0 Å². The smallest absolute Gasteiger partial charge is 0.179 e. The fourth-order valence-corrected chi connectivity index (χ4v) is 1.58. The minimum Gasteiger partial charge on any atom is -0.373 e. The Balaban J connectivity index is 2.14. The fourth-order valence-electron chi connectivity index (χ4n) is 1.58. The Morgan fingerprint density at radius 3 is 2.88 bits per heavy atom. The maximum absolute atomic E-state index is 4.46. The third-order valence-electron chi connectivity index (χ3n) is 2.88. The van der Waals surface area contributed by atoms with E-state index in [1.807, 2.05) is 19.2 Å². The number of anilines is 1. The van der Waals surface area contributed by atoms with Gasteiger partial charge in [-0.3, -0.25) is 0 Å². The van der Waals surface area contributed by atoms with Gasteiger partial charge >= 0.3 is 0 Å². The molecule has 92 valence electrons. The van der Waals surface area contributed by atoms with Crippen molar-refractivity contribution < 1.29 is 0 Å². The van der Waals surface area contributed by atoms with Gasteiger partial charge in [-0.1, -0.05) is 6.92 Å². The van der Waals surface area contributed by atoms with Crippen LogP contribution in [0.5, 0.6) is 0 Å². The summed E-state index contributed by atoms with van der Waals surface area (Å²) < 4.78 is 0. The van der Waals surface area contributed by atoms with Crippen LogP contribution in [0.25, 0.3) is 11.2 Å². The third-order valence-corrected chi connectivity index (χ3v) is 2.88. The van der Waals surface area contributed by atoms with Crippen LogP contribution in [0.4, 0.5) is 5.82 Å². The number of hydrogen-bond donors (Lipinski definition) is 3. The molecule has 3 N–H and O–H groups in total. The molecule has 0 fully saturated rings. The van der Waals surface area contributed by atoms with Crippen LogP contribution in [-0.2, 0) is 6.54 Å². The van der Waals surface area contributed by atoms with Crippen molar-refractivity contribution in [1.29, 1.82) is 0 Å². The summed E-state index contributed by atoms with van der Waals surface area (Å²) in [4.78, 5) is 12.1. The van der Waals surface area contributed by atoms with Crippen molar-refractivity contribution >= 4 is 17.0 Å². The Labute approximate surface area is 101 Å². The van der Waals surface area contributed by atoms with Crippen molar-refractivity contribution in [3.63, 3.8) is 0 Å². The molecule has 0 spiro atoms. The summed E-state index contributed by atoms with van der Waals surface area (Å²) in [6.07, 6.45) is 1.11. The van der Waals surface area contributed by atoms with Gasteiger partial charge in [-0.2, -0.15) is 0 Å². The second-order valence-corrected chi connectivity index (χ2v) is 4.19. The number of aromatic nitrogens is 3. The third kappa shape index (κ3) is 2.74. The highest BCUT2D eigenvalue weighted by Gasteiger charge is 2.05. The fraction of sp³-hybridized carbons (Fsp3) is 0.500. The molecule has 2 aromatic heterocycles. The number of fused-ring (bicyclic) bond motifs is 1. The average Bonchev–Trinajstić information content (AvgIpc) is 2.77. The zero-order chi connectivity index (χ0) is 12.3. The van der Waals surface area contributed by atoms with Crippen LogP contribution in [0, 0.1) is 0 Å². The van der Waals surface area contributed by atoms with E-state index in [1.165, 1.54) is 0 Å². The lowest BCUT2D eigenvalue weighted by Gasteiger charge is -2.08. The average molecular weight is 233 g/mol. The van der Waals surface area contributed by atoms with Gasteiger partial charge in [0.15, 0.2) is 5.65 Å². The van der Waals surface area contributed by atoms with Crippen LogP contribution < -0.4 is 10.6 Å². The first-order valence-electron chi connectivity index (χ1n) is 5.99. The summed E-state index contributed by atoms with van der Waals surface area (Å²) in [6.45, 7) is 5.08. The van der Waals surface area contributed by atoms with Crippen LogP contribution in [0.15, 0.2) is 12.1 Å². The van der Waals surface area contributed by atoms with E-state index in [0.29, 0.717) is 6.04 Å². The number of nitrogens with one attached hydrogen (secondary N) is 3. The van der Waals surface area contributed by atoms with Crippen LogP contribution in [0.1, 0.15) is 26.1 Å². The van der Waals surface area contributed by atoms with Crippen molar-refractivity contribution in [1.82, 2.24) is 20.3 Å². The summed E-state index contributed by atoms with van der Waals surface area (Å²) in [5.74, 6) is 1.77. The first-order valence-corrected chi connectivity index (χ1v) is 5.99. The number of imidazole rings is 1. The SMILES string of the molecule is CCC(C)NCc1nc2nc(NC)ccc2[nH]1. The molecule has 0 aliphatic carbocycles. The lowest BCUT2D eigenvalue weighted by Crippen LogP contribution is -2.24. The maximum Gasteiger partial charge on any atom is 0.179 e. The molecule has 1 atom stereocenters. The van der Waals surface area contributed by atoms with Gasteiger partial charge in [0.2, 0.25) is 0 Å². The predicted octanol–water partition coefficient (Wildman–Crippen LogP) is 1.89. The number of hydrogen-bond acceptors (Lipinski definition) is 4. The first-order chi connectivity index (χ1) is 8.22. The van der Waals surface area contributed by atoms with Crippen LogP contribution >= 0.6 is 0 Å². The van der Waals surface area contributed by atoms with E-state index in [4.69, 9.17) is 0 Å². The molecule has 0 saturated heterocycles. The topological polar surface area (TPSA) is 65.6 Å². The molecule has 0 saturated carbocycles. The molecule has 0 amide bonds. The number of pyridine rings is 1. The van der Waals surface area contributed by atoms with E-state index in [-0.39, 0.29) is 0 Å². The Hall–Kier alpha value is -1.62. The van der Waals surface area contributed by atoms with Gasteiger partial charge in [0.05, 0.1) is 12.1 Å². The van der Waals surface area contributed by atoms with E-state index >= 15 is 0 Å². The van der Waals surface area contributed by atoms with Crippen LogP contribution in [0.3, 0.4) is 0 Å². The van der Waals surface area contributed by atoms with Crippen molar-refractivity contribution in [3.05, 3.63) is 18.0 Å². The number of nitrogens with zero attached hydrogens (tertiary/aromatic N) is 2.